The molecule has 25 heavy (non-hydrogen) atoms. The summed E-state index contributed by atoms with van der Waals surface area (Å²) >= 11 is 5.55. The second kappa shape index (κ2) is 8.27. The van der Waals surface area contributed by atoms with E-state index < -0.39 is 0 Å². The van der Waals surface area contributed by atoms with E-state index >= 15 is 0 Å². The maximum absolute atomic E-state index is 5.64. The molecule has 0 aliphatic carbocycles. The number of ether oxygens (including phenoxy) is 1. The molecule has 2 aliphatic heterocycles. The third-order valence-electron chi connectivity index (χ3n) is 4.77. The van der Waals surface area contributed by atoms with Crippen LogP contribution in [0.4, 0.5) is 5.82 Å². The Morgan fingerprint density at radius 1 is 1.32 bits per heavy atom. The van der Waals surface area contributed by atoms with Gasteiger partial charge in [0, 0.05) is 57.0 Å². The summed E-state index contributed by atoms with van der Waals surface area (Å²) in [7, 11) is 0. The minimum absolute atomic E-state index is 0.317. The highest BCUT2D eigenvalue weighted by atomic mass is 32.1. The largest absolute Gasteiger partial charge is 0.376 e. The Morgan fingerprint density at radius 2 is 2.08 bits per heavy atom. The first-order valence-electron chi connectivity index (χ1n) is 9.28. The van der Waals surface area contributed by atoms with E-state index in [-0.39, 0.29) is 0 Å². The molecule has 2 saturated heterocycles. The molecule has 0 saturated carbocycles. The van der Waals surface area contributed by atoms with E-state index in [9.17, 15) is 0 Å². The second-order valence-corrected chi connectivity index (χ2v) is 7.56. The van der Waals surface area contributed by atoms with Crippen LogP contribution in [0.3, 0.4) is 0 Å². The lowest BCUT2D eigenvalue weighted by molar-refractivity contribution is 0.113. The van der Waals surface area contributed by atoms with Crippen LogP contribution in [0.1, 0.15) is 44.1 Å². The van der Waals surface area contributed by atoms with Crippen molar-refractivity contribution in [1.82, 2.24) is 20.2 Å². The maximum Gasteiger partial charge on any atom is 0.169 e. The van der Waals surface area contributed by atoms with Gasteiger partial charge in [-0.2, -0.15) is 0 Å². The molecule has 3 rings (SSSR count). The van der Waals surface area contributed by atoms with Crippen molar-refractivity contribution in [3.05, 3.63) is 17.6 Å². The highest BCUT2D eigenvalue weighted by Gasteiger charge is 2.22. The Morgan fingerprint density at radius 3 is 2.72 bits per heavy atom. The average Bonchev–Trinajstić information content (AvgIpc) is 3.13. The van der Waals surface area contributed by atoms with Crippen LogP contribution in [0.25, 0.3) is 0 Å². The lowest BCUT2D eigenvalue weighted by Gasteiger charge is -2.37. The fourth-order valence-electron chi connectivity index (χ4n) is 3.25. The summed E-state index contributed by atoms with van der Waals surface area (Å²) in [5.41, 5.74) is 1.03. The molecule has 7 heteroatoms. The van der Waals surface area contributed by atoms with Crippen molar-refractivity contribution in [2.45, 2.75) is 45.6 Å². The smallest absolute Gasteiger partial charge is 0.169 e. The summed E-state index contributed by atoms with van der Waals surface area (Å²) in [6, 6.07) is 2.08. The van der Waals surface area contributed by atoms with Crippen LogP contribution in [0.2, 0.25) is 0 Å². The summed E-state index contributed by atoms with van der Waals surface area (Å²) in [6.45, 7) is 11.7. The molecule has 0 radical (unpaired) electrons. The quantitative estimate of drug-likeness (QED) is 0.822. The number of hydrogen-bond donors (Lipinski definition) is 1. The molecule has 0 amide bonds. The number of piperazine rings is 1. The minimum Gasteiger partial charge on any atom is -0.376 e. The molecule has 1 atom stereocenters. The molecule has 2 fully saturated rings. The van der Waals surface area contributed by atoms with Crippen LogP contribution in [0.15, 0.2) is 6.07 Å². The standard InChI is InChI=1S/C18H29N5OS/c1-13(2)17-20-14(3)11-16(21-17)22-6-8-23(9-7-22)18(25)19-12-15-5-4-10-24-15/h11,13,15H,4-10,12H2,1-3H3,(H,19,25)/t15-/m0/s1. The molecule has 0 aromatic carbocycles. The van der Waals surface area contributed by atoms with Gasteiger partial charge in [0.1, 0.15) is 11.6 Å². The number of rotatable bonds is 4. The van der Waals surface area contributed by atoms with Crippen LogP contribution < -0.4 is 10.2 Å². The van der Waals surface area contributed by atoms with Crippen molar-refractivity contribution in [2.75, 3.05) is 44.2 Å². The van der Waals surface area contributed by atoms with Gasteiger partial charge < -0.3 is 19.9 Å². The van der Waals surface area contributed by atoms with Gasteiger partial charge in [-0.15, -0.1) is 0 Å². The Balaban J connectivity index is 1.52. The Hall–Kier alpha value is -1.47. The zero-order chi connectivity index (χ0) is 17.8. The summed E-state index contributed by atoms with van der Waals surface area (Å²) in [5, 5.41) is 4.21. The van der Waals surface area contributed by atoms with Crippen LogP contribution in [0.5, 0.6) is 0 Å². The van der Waals surface area contributed by atoms with E-state index in [1.807, 2.05) is 6.92 Å². The summed E-state index contributed by atoms with van der Waals surface area (Å²) in [4.78, 5) is 13.9. The first-order valence-corrected chi connectivity index (χ1v) is 9.68. The topological polar surface area (TPSA) is 53.5 Å². The van der Waals surface area contributed by atoms with Gasteiger partial charge in [0.15, 0.2) is 5.11 Å². The van der Waals surface area contributed by atoms with Gasteiger partial charge in [-0.25, -0.2) is 9.97 Å². The first kappa shape index (κ1) is 18.3. The van der Waals surface area contributed by atoms with Gasteiger partial charge in [-0.05, 0) is 32.0 Å². The summed E-state index contributed by atoms with van der Waals surface area (Å²) in [5.74, 6) is 2.30. The molecular formula is C18H29N5OS. The van der Waals surface area contributed by atoms with Crippen molar-refractivity contribution < 1.29 is 4.74 Å². The van der Waals surface area contributed by atoms with Gasteiger partial charge in [-0.3, -0.25) is 0 Å². The van der Waals surface area contributed by atoms with Crippen LogP contribution in [-0.2, 0) is 4.74 Å². The molecule has 1 aromatic rings. The van der Waals surface area contributed by atoms with E-state index in [0.717, 1.165) is 74.6 Å². The Kier molecular flexibility index (Phi) is 6.06. The van der Waals surface area contributed by atoms with Crippen LogP contribution >= 0.6 is 12.2 Å². The Labute approximate surface area is 156 Å². The molecular weight excluding hydrogens is 334 g/mol. The van der Waals surface area contributed by atoms with Gasteiger partial charge >= 0.3 is 0 Å². The van der Waals surface area contributed by atoms with E-state index in [1.165, 1.54) is 0 Å². The number of thiocarbonyl (C=S) groups is 1. The molecule has 0 unspecified atom stereocenters. The fraction of sp³-hybridized carbons (Fsp3) is 0.722. The third-order valence-corrected chi connectivity index (χ3v) is 5.17. The summed E-state index contributed by atoms with van der Waals surface area (Å²) in [6.07, 6.45) is 2.61. The predicted molar refractivity (Wildman–Crippen MR) is 104 cm³/mol. The van der Waals surface area contributed by atoms with Gasteiger partial charge in [0.25, 0.3) is 0 Å². The highest BCUT2D eigenvalue weighted by Crippen LogP contribution is 2.19. The van der Waals surface area contributed by atoms with Crippen molar-refractivity contribution in [3.63, 3.8) is 0 Å². The lowest BCUT2D eigenvalue weighted by Crippen LogP contribution is -2.52. The van der Waals surface area contributed by atoms with Gasteiger partial charge in [-0.1, -0.05) is 13.8 Å². The minimum atomic E-state index is 0.317. The monoisotopic (exact) mass is 363 g/mol. The Bertz CT molecular complexity index is 595. The maximum atomic E-state index is 5.64. The number of nitrogens with one attached hydrogen (secondary N) is 1. The number of aryl methyl sites for hydroxylation is 1. The zero-order valence-corrected chi connectivity index (χ0v) is 16.3. The molecule has 1 N–H and O–H groups in total. The van der Waals surface area contributed by atoms with Crippen LogP contribution in [0, 0.1) is 6.92 Å². The molecule has 2 aliphatic rings. The first-order chi connectivity index (χ1) is 12.0. The number of hydrogen-bond acceptors (Lipinski definition) is 5. The van der Waals surface area contributed by atoms with Crippen molar-refractivity contribution >= 4 is 23.1 Å². The molecule has 1 aromatic heterocycles. The number of nitrogens with zero attached hydrogens (tertiary/aromatic N) is 4. The third kappa shape index (κ3) is 4.79. The molecule has 6 nitrogen and oxygen atoms in total. The van der Waals surface area contributed by atoms with Crippen molar-refractivity contribution in [3.8, 4) is 0 Å². The van der Waals surface area contributed by atoms with Gasteiger partial charge in [0.05, 0.1) is 6.10 Å². The zero-order valence-electron chi connectivity index (χ0n) is 15.5. The summed E-state index contributed by atoms with van der Waals surface area (Å²) < 4.78 is 5.64. The van der Waals surface area contributed by atoms with Crippen molar-refractivity contribution in [2.24, 2.45) is 0 Å². The number of anilines is 1. The number of aromatic nitrogens is 2. The predicted octanol–water partition coefficient (Wildman–Crippen LogP) is 2.08. The average molecular weight is 364 g/mol. The molecule has 138 valence electrons. The SMILES string of the molecule is Cc1cc(N2CCN(C(=S)NC[C@@H]3CCCO3)CC2)nc(C(C)C)n1. The molecule has 3 heterocycles. The van der Waals surface area contributed by atoms with Crippen LogP contribution in [-0.4, -0.2) is 65.4 Å². The lowest BCUT2D eigenvalue weighted by atomic mass is 10.2. The van der Waals surface area contributed by atoms with E-state index in [2.05, 4.69) is 40.0 Å². The van der Waals surface area contributed by atoms with E-state index in [1.54, 1.807) is 0 Å². The van der Waals surface area contributed by atoms with E-state index in [4.69, 9.17) is 21.9 Å². The van der Waals surface area contributed by atoms with E-state index in [0.29, 0.717) is 12.0 Å². The molecule has 0 spiro atoms. The molecule has 0 bridgehead atoms. The van der Waals surface area contributed by atoms with Crippen molar-refractivity contribution in [1.29, 1.82) is 0 Å². The normalized spacial score (nSPS) is 21.0. The highest BCUT2D eigenvalue weighted by molar-refractivity contribution is 7.80. The second-order valence-electron chi connectivity index (χ2n) is 7.18. The fourth-order valence-corrected chi connectivity index (χ4v) is 3.52. The van der Waals surface area contributed by atoms with Gasteiger partial charge in [0.2, 0.25) is 0 Å².